The summed E-state index contributed by atoms with van der Waals surface area (Å²) in [5, 5.41) is 3.38. The molecule has 6 heteroatoms. The van der Waals surface area contributed by atoms with E-state index in [-0.39, 0.29) is 5.56 Å². The molecule has 0 aliphatic carbocycles. The van der Waals surface area contributed by atoms with Crippen LogP contribution >= 0.6 is 0 Å². The van der Waals surface area contributed by atoms with Crippen molar-refractivity contribution in [2.45, 2.75) is 18.5 Å². The number of piperazine rings is 1. The number of hydrogen-bond donors (Lipinski definition) is 2. The van der Waals surface area contributed by atoms with E-state index in [1.54, 1.807) is 0 Å². The van der Waals surface area contributed by atoms with Crippen LogP contribution in [0.5, 0.6) is 0 Å². The van der Waals surface area contributed by atoms with E-state index in [1.807, 2.05) is 0 Å². The number of anilines is 1. The maximum absolute atomic E-state index is 13.3. The van der Waals surface area contributed by atoms with Gasteiger partial charge in [-0.05, 0) is 12.5 Å². The predicted octanol–water partition coefficient (Wildman–Crippen LogP) is -0.130. The smallest absolute Gasteiger partial charge is 0.253 e. The third-order valence-electron chi connectivity index (χ3n) is 3.48. The lowest BCUT2D eigenvalue weighted by atomic mass is 10.2. The Labute approximate surface area is 97.8 Å². The van der Waals surface area contributed by atoms with Crippen molar-refractivity contribution >= 4 is 11.6 Å². The summed E-state index contributed by atoms with van der Waals surface area (Å²) in [6.07, 6.45) is 2.55. The number of amides is 1. The molecule has 2 atom stereocenters. The monoisotopic (exact) mass is 236 g/mol. The zero-order valence-electron chi connectivity index (χ0n) is 9.19. The quantitative estimate of drug-likeness (QED) is 0.702. The molecule has 2 fully saturated rings. The first-order valence-corrected chi connectivity index (χ1v) is 5.60. The van der Waals surface area contributed by atoms with Gasteiger partial charge in [-0.3, -0.25) is 4.79 Å². The van der Waals surface area contributed by atoms with Gasteiger partial charge in [-0.1, -0.05) is 0 Å². The number of pyridine rings is 1. The molecule has 0 spiro atoms. The number of rotatable bonds is 2. The molecule has 1 aromatic rings. The molecule has 0 radical (unpaired) electrons. The summed E-state index contributed by atoms with van der Waals surface area (Å²) in [4.78, 5) is 16.8. The maximum atomic E-state index is 13.3. The average Bonchev–Trinajstić information content (AvgIpc) is 2.91. The molecule has 2 bridgehead atoms. The Morgan fingerprint density at radius 3 is 3.06 bits per heavy atom. The highest BCUT2D eigenvalue weighted by molar-refractivity contribution is 5.93. The minimum atomic E-state index is -0.802. The second kappa shape index (κ2) is 3.66. The Morgan fingerprint density at radius 1 is 1.65 bits per heavy atom. The number of primary amides is 1. The molecule has 3 heterocycles. The molecule has 2 aliphatic heterocycles. The zero-order valence-corrected chi connectivity index (χ0v) is 9.19. The Bertz CT molecular complexity index is 479. The molecule has 3 N–H and O–H groups in total. The van der Waals surface area contributed by atoms with Gasteiger partial charge in [0, 0.05) is 25.2 Å². The van der Waals surface area contributed by atoms with Crippen molar-refractivity contribution in [2.75, 3.05) is 18.0 Å². The van der Waals surface area contributed by atoms with Crippen LogP contribution in [0.4, 0.5) is 10.1 Å². The third-order valence-corrected chi connectivity index (χ3v) is 3.48. The molecule has 0 unspecified atom stereocenters. The van der Waals surface area contributed by atoms with Crippen molar-refractivity contribution in [1.82, 2.24) is 10.3 Å². The van der Waals surface area contributed by atoms with Crippen LogP contribution in [0, 0.1) is 5.95 Å². The minimum Gasteiger partial charge on any atom is -0.365 e. The normalized spacial score (nSPS) is 26.5. The fourth-order valence-electron chi connectivity index (χ4n) is 2.64. The molecule has 2 saturated heterocycles. The van der Waals surface area contributed by atoms with Crippen LogP contribution in [0.15, 0.2) is 12.3 Å². The lowest BCUT2D eigenvalue weighted by Gasteiger charge is -2.29. The summed E-state index contributed by atoms with van der Waals surface area (Å²) in [6.45, 7) is 1.80. The number of hydrogen-bond acceptors (Lipinski definition) is 4. The number of nitrogens with one attached hydrogen (secondary N) is 1. The highest BCUT2D eigenvalue weighted by Gasteiger charge is 2.37. The molecular formula is C11H13FN4O. The number of nitrogens with zero attached hydrogens (tertiary/aromatic N) is 2. The molecule has 2 aliphatic rings. The van der Waals surface area contributed by atoms with Crippen LogP contribution in [0.3, 0.4) is 0 Å². The molecule has 90 valence electrons. The van der Waals surface area contributed by atoms with Crippen molar-refractivity contribution in [3.05, 3.63) is 23.8 Å². The predicted molar refractivity (Wildman–Crippen MR) is 60.3 cm³/mol. The summed E-state index contributed by atoms with van der Waals surface area (Å²) >= 11 is 0. The Hall–Kier alpha value is -1.69. The van der Waals surface area contributed by atoms with Crippen molar-refractivity contribution in [2.24, 2.45) is 5.73 Å². The lowest BCUT2D eigenvalue weighted by molar-refractivity contribution is 0.0995. The van der Waals surface area contributed by atoms with Gasteiger partial charge in [0.25, 0.3) is 5.91 Å². The van der Waals surface area contributed by atoms with Gasteiger partial charge in [-0.2, -0.15) is 4.39 Å². The van der Waals surface area contributed by atoms with Gasteiger partial charge in [0.1, 0.15) is 0 Å². The first-order chi connectivity index (χ1) is 8.15. The van der Waals surface area contributed by atoms with Crippen LogP contribution < -0.4 is 16.0 Å². The van der Waals surface area contributed by atoms with Gasteiger partial charge in [-0.25, -0.2) is 4.98 Å². The summed E-state index contributed by atoms with van der Waals surface area (Å²) < 4.78 is 13.3. The van der Waals surface area contributed by atoms with E-state index in [4.69, 9.17) is 5.73 Å². The van der Waals surface area contributed by atoms with Crippen LogP contribution in [-0.2, 0) is 0 Å². The molecule has 0 aromatic carbocycles. The molecule has 0 saturated carbocycles. The second-order valence-electron chi connectivity index (χ2n) is 4.54. The number of fused-ring (bicyclic) bond motifs is 2. The molecule has 1 aromatic heterocycles. The SMILES string of the molecule is NC(=O)c1cc(N2C[C@H]3C[C@@H]2CN3)cnc1F. The van der Waals surface area contributed by atoms with E-state index in [9.17, 15) is 9.18 Å². The third kappa shape index (κ3) is 1.64. The fraction of sp³-hybridized carbons (Fsp3) is 0.455. The van der Waals surface area contributed by atoms with E-state index >= 15 is 0 Å². The molecule has 5 nitrogen and oxygen atoms in total. The van der Waals surface area contributed by atoms with Crippen molar-refractivity contribution in [1.29, 1.82) is 0 Å². The van der Waals surface area contributed by atoms with Gasteiger partial charge >= 0.3 is 0 Å². The number of aromatic nitrogens is 1. The van der Waals surface area contributed by atoms with E-state index in [1.165, 1.54) is 12.3 Å². The molecule has 17 heavy (non-hydrogen) atoms. The van der Waals surface area contributed by atoms with Gasteiger partial charge < -0.3 is 16.0 Å². The van der Waals surface area contributed by atoms with E-state index in [0.29, 0.717) is 12.1 Å². The van der Waals surface area contributed by atoms with Gasteiger partial charge in [0.05, 0.1) is 17.4 Å². The Balaban J connectivity index is 1.93. The average molecular weight is 236 g/mol. The van der Waals surface area contributed by atoms with Crippen molar-refractivity contribution in [3.63, 3.8) is 0 Å². The Morgan fingerprint density at radius 2 is 2.47 bits per heavy atom. The van der Waals surface area contributed by atoms with E-state index < -0.39 is 11.9 Å². The van der Waals surface area contributed by atoms with Crippen LogP contribution in [-0.4, -0.2) is 36.1 Å². The summed E-state index contributed by atoms with van der Waals surface area (Å²) in [5.74, 6) is -1.58. The summed E-state index contributed by atoms with van der Waals surface area (Å²) in [5.41, 5.74) is 5.74. The largest absolute Gasteiger partial charge is 0.365 e. The van der Waals surface area contributed by atoms with Gasteiger partial charge in [0.15, 0.2) is 0 Å². The number of carbonyl (C=O) groups excluding carboxylic acids is 1. The van der Waals surface area contributed by atoms with E-state index in [0.717, 1.165) is 25.2 Å². The van der Waals surface area contributed by atoms with Crippen molar-refractivity contribution in [3.8, 4) is 0 Å². The zero-order chi connectivity index (χ0) is 12.0. The Kier molecular flexibility index (Phi) is 2.25. The molecular weight excluding hydrogens is 223 g/mol. The first kappa shape index (κ1) is 10.5. The van der Waals surface area contributed by atoms with Crippen molar-refractivity contribution < 1.29 is 9.18 Å². The first-order valence-electron chi connectivity index (χ1n) is 5.60. The molecule has 1 amide bonds. The lowest BCUT2D eigenvalue weighted by Crippen LogP contribution is -2.43. The van der Waals surface area contributed by atoms with E-state index in [2.05, 4.69) is 15.2 Å². The van der Waals surface area contributed by atoms with Crippen LogP contribution in [0.25, 0.3) is 0 Å². The number of nitrogens with two attached hydrogens (primary N) is 1. The van der Waals surface area contributed by atoms with Gasteiger partial charge in [0.2, 0.25) is 5.95 Å². The van der Waals surface area contributed by atoms with Crippen LogP contribution in [0.2, 0.25) is 0 Å². The molecule has 3 rings (SSSR count). The number of carbonyl (C=O) groups is 1. The standard InChI is InChI=1S/C11H13FN4O/c12-10-9(11(13)17)2-8(4-15-10)16-5-6-1-7(16)3-14-6/h2,4,6-7,14H,1,3,5H2,(H2,13,17)/t6-,7-/m1/s1. The fourth-order valence-corrected chi connectivity index (χ4v) is 2.64. The summed E-state index contributed by atoms with van der Waals surface area (Å²) in [7, 11) is 0. The highest BCUT2D eigenvalue weighted by Crippen LogP contribution is 2.29. The van der Waals surface area contributed by atoms with Gasteiger partial charge in [-0.15, -0.1) is 0 Å². The maximum Gasteiger partial charge on any atom is 0.253 e. The summed E-state index contributed by atoms with van der Waals surface area (Å²) in [6, 6.07) is 2.39. The second-order valence-corrected chi connectivity index (χ2v) is 4.54. The number of halogens is 1. The minimum absolute atomic E-state index is 0.141. The highest BCUT2D eigenvalue weighted by atomic mass is 19.1. The van der Waals surface area contributed by atoms with Crippen LogP contribution in [0.1, 0.15) is 16.8 Å². The topological polar surface area (TPSA) is 71.2 Å².